The summed E-state index contributed by atoms with van der Waals surface area (Å²) < 4.78 is 0. The Hall–Kier alpha value is -0.300. The summed E-state index contributed by atoms with van der Waals surface area (Å²) >= 11 is 0. The Kier molecular flexibility index (Phi) is 6.99. The zero-order valence-corrected chi connectivity index (χ0v) is 13.0. The highest BCUT2D eigenvalue weighted by molar-refractivity contribution is 4.97. The predicted octanol–water partition coefficient (Wildman–Crippen LogP) is 4.64. The topological polar surface area (TPSA) is 12.0 Å². The van der Waals surface area contributed by atoms with Gasteiger partial charge in [-0.2, -0.15) is 0 Å². The van der Waals surface area contributed by atoms with E-state index in [2.05, 4.69) is 39.6 Å². The van der Waals surface area contributed by atoms with E-state index in [4.69, 9.17) is 0 Å². The summed E-state index contributed by atoms with van der Waals surface area (Å²) in [7, 11) is 0. The Balaban J connectivity index is 2.57. The highest BCUT2D eigenvalue weighted by Crippen LogP contribution is 2.40. The molecule has 0 aliphatic heterocycles. The van der Waals surface area contributed by atoms with Crippen LogP contribution in [0.25, 0.3) is 0 Å². The average molecular weight is 251 g/mol. The van der Waals surface area contributed by atoms with Gasteiger partial charge in [0.2, 0.25) is 0 Å². The second-order valence-electron chi connectivity index (χ2n) is 6.45. The number of nitrogens with one attached hydrogen (secondary N) is 1. The van der Waals surface area contributed by atoms with Crippen LogP contribution in [-0.2, 0) is 0 Å². The Bertz CT molecular complexity index is 244. The molecule has 0 bridgehead atoms. The van der Waals surface area contributed by atoms with Crippen molar-refractivity contribution in [1.82, 2.24) is 5.32 Å². The molecule has 0 spiro atoms. The lowest BCUT2D eigenvalue weighted by Gasteiger charge is -2.38. The third-order valence-corrected chi connectivity index (χ3v) is 4.83. The van der Waals surface area contributed by atoms with Gasteiger partial charge in [0.25, 0.3) is 0 Å². The van der Waals surface area contributed by atoms with Crippen molar-refractivity contribution in [3.63, 3.8) is 0 Å². The SMILES string of the molecule is C=C(CC)CC1CC(C(C)C)CCC1CNCC. The van der Waals surface area contributed by atoms with Gasteiger partial charge in [0, 0.05) is 0 Å². The van der Waals surface area contributed by atoms with Gasteiger partial charge in [-0.05, 0) is 68.9 Å². The van der Waals surface area contributed by atoms with Crippen molar-refractivity contribution >= 4 is 0 Å². The summed E-state index contributed by atoms with van der Waals surface area (Å²) in [6, 6.07) is 0. The van der Waals surface area contributed by atoms with Gasteiger partial charge in [-0.25, -0.2) is 0 Å². The molecule has 3 unspecified atom stereocenters. The van der Waals surface area contributed by atoms with Gasteiger partial charge in [0.05, 0.1) is 0 Å². The standard InChI is InChI=1S/C17H33N/c1-6-14(5)10-17-11-15(13(3)4)8-9-16(17)12-18-7-2/h13,15-18H,5-12H2,1-4H3. The smallest absolute Gasteiger partial charge is 0.00179 e. The van der Waals surface area contributed by atoms with Crippen LogP contribution in [0.2, 0.25) is 0 Å². The molecule has 0 heterocycles. The van der Waals surface area contributed by atoms with E-state index in [0.29, 0.717) is 0 Å². The zero-order chi connectivity index (χ0) is 13.5. The van der Waals surface area contributed by atoms with Crippen LogP contribution in [-0.4, -0.2) is 13.1 Å². The molecule has 3 atom stereocenters. The van der Waals surface area contributed by atoms with E-state index in [1.807, 2.05) is 0 Å². The Morgan fingerprint density at radius 2 is 1.94 bits per heavy atom. The molecule has 18 heavy (non-hydrogen) atoms. The molecule has 1 N–H and O–H groups in total. The minimum absolute atomic E-state index is 0.850. The summed E-state index contributed by atoms with van der Waals surface area (Å²) in [4.78, 5) is 0. The van der Waals surface area contributed by atoms with E-state index < -0.39 is 0 Å². The molecule has 0 amide bonds. The minimum atomic E-state index is 0.850. The summed E-state index contributed by atoms with van der Waals surface area (Å²) in [6.07, 6.45) is 6.68. The Labute approximate surface area is 114 Å². The van der Waals surface area contributed by atoms with Gasteiger partial charge in [0.15, 0.2) is 0 Å². The molecule has 1 fully saturated rings. The van der Waals surface area contributed by atoms with Crippen molar-refractivity contribution < 1.29 is 0 Å². The molecule has 1 aliphatic rings. The van der Waals surface area contributed by atoms with Gasteiger partial charge in [-0.3, -0.25) is 0 Å². The van der Waals surface area contributed by atoms with Crippen molar-refractivity contribution in [2.75, 3.05) is 13.1 Å². The van der Waals surface area contributed by atoms with Crippen molar-refractivity contribution in [3.8, 4) is 0 Å². The molecule has 0 aromatic carbocycles. The first kappa shape index (κ1) is 15.8. The van der Waals surface area contributed by atoms with Crippen molar-refractivity contribution in [2.45, 2.75) is 59.8 Å². The van der Waals surface area contributed by atoms with Crippen LogP contribution >= 0.6 is 0 Å². The lowest BCUT2D eigenvalue weighted by atomic mass is 9.68. The highest BCUT2D eigenvalue weighted by Gasteiger charge is 2.31. The van der Waals surface area contributed by atoms with Gasteiger partial charge in [0.1, 0.15) is 0 Å². The summed E-state index contributed by atoms with van der Waals surface area (Å²) in [5.74, 6) is 3.54. The highest BCUT2D eigenvalue weighted by atomic mass is 14.8. The third-order valence-electron chi connectivity index (χ3n) is 4.83. The first-order valence-corrected chi connectivity index (χ1v) is 7.95. The summed E-state index contributed by atoms with van der Waals surface area (Å²) in [5, 5.41) is 3.55. The van der Waals surface area contributed by atoms with E-state index >= 15 is 0 Å². The second-order valence-corrected chi connectivity index (χ2v) is 6.45. The van der Waals surface area contributed by atoms with Crippen molar-refractivity contribution in [2.24, 2.45) is 23.7 Å². The molecular formula is C17H33N. The summed E-state index contributed by atoms with van der Waals surface area (Å²) in [6.45, 7) is 15.8. The van der Waals surface area contributed by atoms with Crippen LogP contribution in [0.4, 0.5) is 0 Å². The maximum Gasteiger partial charge on any atom is -0.00179 e. The van der Waals surface area contributed by atoms with Gasteiger partial charge >= 0.3 is 0 Å². The fourth-order valence-corrected chi connectivity index (χ4v) is 3.33. The van der Waals surface area contributed by atoms with E-state index in [1.54, 1.807) is 0 Å². The average Bonchev–Trinajstić information content (AvgIpc) is 2.36. The molecular weight excluding hydrogens is 218 g/mol. The molecule has 106 valence electrons. The molecule has 0 aromatic heterocycles. The molecule has 1 aliphatic carbocycles. The van der Waals surface area contributed by atoms with E-state index in [9.17, 15) is 0 Å². The molecule has 1 saturated carbocycles. The van der Waals surface area contributed by atoms with Crippen LogP contribution in [0.5, 0.6) is 0 Å². The van der Waals surface area contributed by atoms with E-state index in [1.165, 1.54) is 37.8 Å². The van der Waals surface area contributed by atoms with Crippen LogP contribution in [0.15, 0.2) is 12.2 Å². The quantitative estimate of drug-likeness (QED) is 0.650. The Morgan fingerprint density at radius 3 is 2.50 bits per heavy atom. The van der Waals surface area contributed by atoms with Gasteiger partial charge in [-0.1, -0.05) is 39.8 Å². The maximum absolute atomic E-state index is 4.23. The predicted molar refractivity (Wildman–Crippen MR) is 81.8 cm³/mol. The lowest BCUT2D eigenvalue weighted by molar-refractivity contribution is 0.144. The first-order valence-electron chi connectivity index (χ1n) is 7.95. The van der Waals surface area contributed by atoms with E-state index in [-0.39, 0.29) is 0 Å². The molecule has 1 heteroatoms. The molecule has 0 aromatic rings. The van der Waals surface area contributed by atoms with Crippen molar-refractivity contribution in [1.29, 1.82) is 0 Å². The maximum atomic E-state index is 4.23. The molecule has 1 nitrogen and oxygen atoms in total. The summed E-state index contributed by atoms with van der Waals surface area (Å²) in [5.41, 5.74) is 1.45. The van der Waals surface area contributed by atoms with Crippen LogP contribution < -0.4 is 5.32 Å². The molecule has 0 radical (unpaired) electrons. The zero-order valence-electron chi connectivity index (χ0n) is 13.0. The normalized spacial score (nSPS) is 28.6. The fourth-order valence-electron chi connectivity index (χ4n) is 3.33. The molecule has 1 rings (SSSR count). The number of hydrogen-bond acceptors (Lipinski definition) is 1. The van der Waals surface area contributed by atoms with Crippen molar-refractivity contribution in [3.05, 3.63) is 12.2 Å². The third kappa shape index (κ3) is 4.76. The van der Waals surface area contributed by atoms with Crippen LogP contribution in [0.3, 0.4) is 0 Å². The van der Waals surface area contributed by atoms with Crippen LogP contribution in [0.1, 0.15) is 59.8 Å². The number of hydrogen-bond donors (Lipinski definition) is 1. The minimum Gasteiger partial charge on any atom is -0.317 e. The lowest BCUT2D eigenvalue weighted by Crippen LogP contribution is -2.34. The van der Waals surface area contributed by atoms with Crippen LogP contribution in [0, 0.1) is 23.7 Å². The van der Waals surface area contributed by atoms with E-state index in [0.717, 1.165) is 36.6 Å². The largest absolute Gasteiger partial charge is 0.317 e. The number of allylic oxidation sites excluding steroid dienone is 1. The molecule has 0 saturated heterocycles. The Morgan fingerprint density at radius 1 is 1.22 bits per heavy atom. The fraction of sp³-hybridized carbons (Fsp3) is 0.882. The number of rotatable bonds is 7. The monoisotopic (exact) mass is 251 g/mol. The van der Waals surface area contributed by atoms with Gasteiger partial charge in [-0.15, -0.1) is 0 Å². The second kappa shape index (κ2) is 7.99. The van der Waals surface area contributed by atoms with Gasteiger partial charge < -0.3 is 5.32 Å². The first-order chi connectivity index (χ1) is 8.58.